The third-order valence-corrected chi connectivity index (χ3v) is 2.50. The monoisotopic (exact) mass is 236 g/mol. The molecule has 0 fully saturated rings. The van der Waals surface area contributed by atoms with Crippen molar-refractivity contribution < 1.29 is 14.9 Å². The zero-order valence-electron chi connectivity index (χ0n) is 9.96. The van der Waals surface area contributed by atoms with Crippen LogP contribution in [0, 0.1) is 0 Å². The van der Waals surface area contributed by atoms with Gasteiger partial charge in [0.05, 0.1) is 25.4 Å². The van der Waals surface area contributed by atoms with Crippen LogP contribution in [0.25, 0.3) is 0 Å². The normalized spacial score (nSPS) is 14.2. The summed E-state index contributed by atoms with van der Waals surface area (Å²) in [5.41, 5.74) is 1.10. The van der Waals surface area contributed by atoms with E-state index in [9.17, 15) is 5.11 Å². The van der Waals surface area contributed by atoms with E-state index in [0.717, 1.165) is 5.56 Å². The van der Waals surface area contributed by atoms with Gasteiger partial charge in [-0.05, 0) is 12.0 Å². The maximum absolute atomic E-state index is 9.39. The SMILES string of the molecule is C=CC[C@@H](C[C@@H](O)CO)OCc1ccccc1. The summed E-state index contributed by atoms with van der Waals surface area (Å²) in [5.74, 6) is 0. The minimum absolute atomic E-state index is 0.102. The molecule has 3 heteroatoms. The molecule has 0 saturated carbocycles. The average Bonchev–Trinajstić information content (AvgIpc) is 2.37. The van der Waals surface area contributed by atoms with Gasteiger partial charge in [0.2, 0.25) is 0 Å². The molecule has 0 radical (unpaired) electrons. The van der Waals surface area contributed by atoms with Gasteiger partial charge in [0, 0.05) is 6.42 Å². The third kappa shape index (κ3) is 5.63. The number of aliphatic hydroxyl groups excluding tert-OH is 2. The summed E-state index contributed by atoms with van der Waals surface area (Å²) in [6.07, 6.45) is 2.03. The van der Waals surface area contributed by atoms with E-state index in [4.69, 9.17) is 9.84 Å². The van der Waals surface area contributed by atoms with Gasteiger partial charge in [0.25, 0.3) is 0 Å². The quantitative estimate of drug-likeness (QED) is 0.678. The van der Waals surface area contributed by atoms with Crippen molar-refractivity contribution in [3.63, 3.8) is 0 Å². The van der Waals surface area contributed by atoms with Crippen LogP contribution in [0.3, 0.4) is 0 Å². The zero-order valence-corrected chi connectivity index (χ0v) is 9.96. The Hall–Kier alpha value is -1.16. The molecule has 0 spiro atoms. The van der Waals surface area contributed by atoms with Crippen LogP contribution < -0.4 is 0 Å². The predicted octanol–water partition coefficient (Wildman–Crippen LogP) is 1.89. The maximum atomic E-state index is 9.39. The van der Waals surface area contributed by atoms with Gasteiger partial charge in [-0.25, -0.2) is 0 Å². The van der Waals surface area contributed by atoms with E-state index in [2.05, 4.69) is 6.58 Å². The van der Waals surface area contributed by atoms with E-state index < -0.39 is 6.10 Å². The molecule has 17 heavy (non-hydrogen) atoms. The second-order valence-corrected chi connectivity index (χ2v) is 4.02. The molecule has 3 nitrogen and oxygen atoms in total. The summed E-state index contributed by atoms with van der Waals surface area (Å²) >= 11 is 0. The molecule has 94 valence electrons. The van der Waals surface area contributed by atoms with Crippen molar-refractivity contribution in [2.24, 2.45) is 0 Å². The Morgan fingerprint density at radius 2 is 2.00 bits per heavy atom. The summed E-state index contributed by atoms with van der Waals surface area (Å²) < 4.78 is 5.70. The van der Waals surface area contributed by atoms with E-state index in [-0.39, 0.29) is 12.7 Å². The van der Waals surface area contributed by atoms with Gasteiger partial charge in [-0.15, -0.1) is 6.58 Å². The molecule has 0 aliphatic carbocycles. The summed E-state index contributed by atoms with van der Waals surface area (Å²) in [5, 5.41) is 18.2. The second kappa shape index (κ2) is 8.01. The maximum Gasteiger partial charge on any atom is 0.0795 e. The smallest absolute Gasteiger partial charge is 0.0795 e. The first-order valence-corrected chi connectivity index (χ1v) is 5.81. The largest absolute Gasteiger partial charge is 0.394 e. The van der Waals surface area contributed by atoms with Crippen molar-refractivity contribution in [1.82, 2.24) is 0 Å². The van der Waals surface area contributed by atoms with Gasteiger partial charge in [-0.1, -0.05) is 36.4 Å². The molecular formula is C14H20O3. The number of hydrogen-bond donors (Lipinski definition) is 2. The lowest BCUT2D eigenvalue weighted by molar-refractivity contribution is -0.00853. The molecule has 0 heterocycles. The van der Waals surface area contributed by atoms with E-state index in [1.54, 1.807) is 6.08 Å². The Morgan fingerprint density at radius 3 is 2.59 bits per heavy atom. The van der Waals surface area contributed by atoms with Gasteiger partial charge >= 0.3 is 0 Å². The Bertz CT molecular complexity index is 311. The lowest BCUT2D eigenvalue weighted by atomic mass is 10.1. The van der Waals surface area contributed by atoms with E-state index in [1.807, 2.05) is 30.3 Å². The predicted molar refractivity (Wildman–Crippen MR) is 67.5 cm³/mol. The Morgan fingerprint density at radius 1 is 1.29 bits per heavy atom. The first-order valence-electron chi connectivity index (χ1n) is 5.81. The number of aliphatic hydroxyl groups is 2. The Balaban J connectivity index is 2.41. The van der Waals surface area contributed by atoms with Crippen LogP contribution in [0.5, 0.6) is 0 Å². The third-order valence-electron chi connectivity index (χ3n) is 2.50. The van der Waals surface area contributed by atoms with Crippen LogP contribution in [0.15, 0.2) is 43.0 Å². The number of hydrogen-bond acceptors (Lipinski definition) is 3. The summed E-state index contributed by atoms with van der Waals surface area (Å²) in [6.45, 7) is 3.94. The highest BCUT2D eigenvalue weighted by atomic mass is 16.5. The molecule has 1 rings (SSSR count). The van der Waals surface area contributed by atoms with Gasteiger partial charge in [-0.2, -0.15) is 0 Å². The summed E-state index contributed by atoms with van der Waals surface area (Å²) in [6, 6.07) is 9.87. The Kier molecular flexibility index (Phi) is 6.55. The Labute approximate surface area is 102 Å². The highest BCUT2D eigenvalue weighted by molar-refractivity contribution is 5.13. The standard InChI is InChI=1S/C14H20O3/c1-2-6-14(9-13(16)10-15)17-11-12-7-4-3-5-8-12/h2-5,7-8,13-16H,1,6,9-11H2/t13-,14+/m1/s1. The minimum Gasteiger partial charge on any atom is -0.394 e. The molecule has 0 bridgehead atoms. The van der Waals surface area contributed by atoms with Crippen molar-refractivity contribution in [1.29, 1.82) is 0 Å². The van der Waals surface area contributed by atoms with E-state index in [1.165, 1.54) is 0 Å². The molecular weight excluding hydrogens is 216 g/mol. The van der Waals surface area contributed by atoms with Crippen molar-refractivity contribution in [3.05, 3.63) is 48.6 Å². The highest BCUT2D eigenvalue weighted by Crippen LogP contribution is 2.11. The van der Waals surface area contributed by atoms with Gasteiger partial charge in [-0.3, -0.25) is 0 Å². The fraction of sp³-hybridized carbons (Fsp3) is 0.429. The van der Waals surface area contributed by atoms with Gasteiger partial charge in [0.15, 0.2) is 0 Å². The first kappa shape index (κ1) is 13.9. The molecule has 0 unspecified atom stereocenters. The fourth-order valence-electron chi connectivity index (χ4n) is 1.58. The lowest BCUT2D eigenvalue weighted by Crippen LogP contribution is -2.23. The average molecular weight is 236 g/mol. The molecule has 2 N–H and O–H groups in total. The molecule has 1 aromatic carbocycles. The van der Waals surface area contributed by atoms with Gasteiger partial charge in [0.1, 0.15) is 0 Å². The second-order valence-electron chi connectivity index (χ2n) is 4.02. The van der Waals surface area contributed by atoms with E-state index >= 15 is 0 Å². The molecule has 1 aromatic rings. The van der Waals surface area contributed by atoms with Crippen molar-refractivity contribution in [3.8, 4) is 0 Å². The number of ether oxygens (including phenoxy) is 1. The van der Waals surface area contributed by atoms with Crippen LogP contribution in [0.4, 0.5) is 0 Å². The van der Waals surface area contributed by atoms with Crippen LogP contribution in [0.2, 0.25) is 0 Å². The fourth-order valence-corrected chi connectivity index (χ4v) is 1.58. The summed E-state index contributed by atoms with van der Waals surface area (Å²) in [7, 11) is 0. The minimum atomic E-state index is -0.726. The van der Waals surface area contributed by atoms with Crippen molar-refractivity contribution in [2.75, 3.05) is 6.61 Å². The molecule has 0 aliphatic heterocycles. The first-order chi connectivity index (χ1) is 8.26. The van der Waals surface area contributed by atoms with Crippen molar-refractivity contribution >= 4 is 0 Å². The zero-order chi connectivity index (χ0) is 12.5. The molecule has 0 amide bonds. The summed E-state index contributed by atoms with van der Waals surface area (Å²) in [4.78, 5) is 0. The van der Waals surface area contributed by atoms with Crippen LogP contribution in [0.1, 0.15) is 18.4 Å². The van der Waals surface area contributed by atoms with Crippen LogP contribution >= 0.6 is 0 Å². The van der Waals surface area contributed by atoms with Gasteiger partial charge < -0.3 is 14.9 Å². The van der Waals surface area contributed by atoms with Crippen LogP contribution in [-0.4, -0.2) is 29.0 Å². The van der Waals surface area contributed by atoms with Crippen LogP contribution in [-0.2, 0) is 11.3 Å². The molecule has 2 atom stereocenters. The molecule has 0 aromatic heterocycles. The highest BCUT2D eigenvalue weighted by Gasteiger charge is 2.13. The molecule has 0 aliphatic rings. The topological polar surface area (TPSA) is 49.7 Å². The number of benzene rings is 1. The van der Waals surface area contributed by atoms with E-state index in [0.29, 0.717) is 19.4 Å². The molecule has 0 saturated heterocycles. The van der Waals surface area contributed by atoms with Crippen molar-refractivity contribution in [2.45, 2.75) is 31.7 Å². The number of rotatable bonds is 8. The lowest BCUT2D eigenvalue weighted by Gasteiger charge is -2.18.